The van der Waals surface area contributed by atoms with Gasteiger partial charge in [0.1, 0.15) is 0 Å². The number of carbonyl (C=O) groups excluding carboxylic acids is 2. The highest BCUT2D eigenvalue weighted by Gasteiger charge is 2.34. The number of sulfone groups is 1. The Morgan fingerprint density at radius 1 is 1.35 bits per heavy atom. The van der Waals surface area contributed by atoms with Crippen molar-refractivity contribution in [1.82, 2.24) is 15.1 Å². The molecular weight excluding hydrogens is 358 g/mol. The monoisotopic (exact) mass is 385 g/mol. The molecule has 1 aliphatic heterocycles. The summed E-state index contributed by atoms with van der Waals surface area (Å²) >= 11 is 0. The van der Waals surface area contributed by atoms with E-state index in [1.165, 1.54) is 0 Å². The van der Waals surface area contributed by atoms with Gasteiger partial charge in [-0.15, -0.1) is 0 Å². The Bertz CT molecular complexity index is 729. The Morgan fingerprint density at radius 2 is 2.12 bits per heavy atom. The van der Waals surface area contributed by atoms with E-state index in [0.717, 1.165) is 31.4 Å². The largest absolute Gasteiger partial charge is 0.451 e. The van der Waals surface area contributed by atoms with E-state index in [1.54, 1.807) is 11.0 Å². The van der Waals surface area contributed by atoms with Gasteiger partial charge in [-0.05, 0) is 25.3 Å². The van der Waals surface area contributed by atoms with Crippen molar-refractivity contribution in [2.24, 2.45) is 0 Å². The van der Waals surface area contributed by atoms with Crippen LogP contribution in [0.4, 0.5) is 0 Å². The Kier molecular flexibility index (Phi) is 7.19. The van der Waals surface area contributed by atoms with Gasteiger partial charge in [0, 0.05) is 18.3 Å². The molecule has 0 aliphatic carbocycles. The van der Waals surface area contributed by atoms with Crippen LogP contribution >= 0.6 is 0 Å². The molecule has 1 aromatic heterocycles. The van der Waals surface area contributed by atoms with E-state index in [0.29, 0.717) is 13.0 Å². The number of hydrogen-bond acceptors (Lipinski definition) is 6. The molecule has 8 nitrogen and oxygen atoms in total. The molecule has 26 heavy (non-hydrogen) atoms. The lowest BCUT2D eigenvalue weighted by molar-refractivity contribution is -0.136. The fraction of sp³-hybridized carbons (Fsp3) is 0.706. The van der Waals surface area contributed by atoms with E-state index in [4.69, 9.17) is 4.74 Å². The molecule has 1 aromatic rings. The van der Waals surface area contributed by atoms with Gasteiger partial charge < -0.3 is 9.64 Å². The molecule has 1 aliphatic rings. The van der Waals surface area contributed by atoms with E-state index >= 15 is 0 Å². The predicted molar refractivity (Wildman–Crippen MR) is 96.5 cm³/mol. The van der Waals surface area contributed by atoms with Gasteiger partial charge >= 0.3 is 5.97 Å². The van der Waals surface area contributed by atoms with Gasteiger partial charge in [-0.2, -0.15) is 5.10 Å². The number of aryl methyl sites for hydroxylation is 1. The average Bonchev–Trinajstić information content (AvgIpc) is 3.20. The highest BCUT2D eigenvalue weighted by Crippen LogP contribution is 2.19. The standard InChI is InChI=1S/C17H27N3O5S/c1-3-5-8-20(14-7-9-26(23,24)12-14)16(21)11-25-17(22)15-10-13(6-4-2)18-19-15/h10,14H,3-9,11-12H2,1-2H3,(H,18,19). The van der Waals surface area contributed by atoms with Crippen molar-refractivity contribution >= 4 is 21.7 Å². The molecule has 0 spiro atoms. The summed E-state index contributed by atoms with van der Waals surface area (Å²) < 4.78 is 28.5. The number of unbranched alkanes of at least 4 members (excludes halogenated alkanes) is 1. The number of carbonyl (C=O) groups is 2. The summed E-state index contributed by atoms with van der Waals surface area (Å²) in [6.07, 6.45) is 3.80. The number of esters is 1. The number of rotatable bonds is 9. The Hall–Kier alpha value is -1.90. The summed E-state index contributed by atoms with van der Waals surface area (Å²) in [5.41, 5.74) is 0.983. The molecule has 1 unspecified atom stereocenters. The third-order valence-electron chi connectivity index (χ3n) is 4.41. The number of nitrogens with one attached hydrogen (secondary N) is 1. The highest BCUT2D eigenvalue weighted by molar-refractivity contribution is 7.91. The Labute approximate surface area is 154 Å². The van der Waals surface area contributed by atoms with Gasteiger partial charge in [0.05, 0.1) is 11.5 Å². The molecule has 1 amide bonds. The molecule has 1 N–H and O–H groups in total. The van der Waals surface area contributed by atoms with Gasteiger partial charge in [0.2, 0.25) is 0 Å². The average molecular weight is 385 g/mol. The summed E-state index contributed by atoms with van der Waals surface area (Å²) in [6.45, 7) is 4.08. The lowest BCUT2D eigenvalue weighted by Crippen LogP contribution is -2.43. The molecule has 1 saturated heterocycles. The van der Waals surface area contributed by atoms with Crippen molar-refractivity contribution in [1.29, 1.82) is 0 Å². The maximum atomic E-state index is 12.5. The molecule has 9 heteroatoms. The third-order valence-corrected chi connectivity index (χ3v) is 6.16. The van der Waals surface area contributed by atoms with Gasteiger partial charge in [-0.25, -0.2) is 13.2 Å². The van der Waals surface area contributed by atoms with E-state index in [9.17, 15) is 18.0 Å². The minimum absolute atomic E-state index is 0.0177. The molecule has 2 rings (SSSR count). The SMILES string of the molecule is CCCCN(C(=O)COC(=O)c1cc(CCC)[nH]n1)C1CCS(=O)(=O)C1. The van der Waals surface area contributed by atoms with Crippen LogP contribution in [0.2, 0.25) is 0 Å². The molecule has 1 fully saturated rings. The van der Waals surface area contributed by atoms with Crippen LogP contribution in [0.1, 0.15) is 55.7 Å². The van der Waals surface area contributed by atoms with Crippen LogP contribution in [0.3, 0.4) is 0 Å². The molecule has 0 aromatic carbocycles. The van der Waals surface area contributed by atoms with Gasteiger partial charge in [-0.1, -0.05) is 26.7 Å². The zero-order valence-electron chi connectivity index (χ0n) is 15.4. The number of nitrogens with zero attached hydrogens (tertiary/aromatic N) is 2. The first-order valence-corrected chi connectivity index (χ1v) is 10.9. The Morgan fingerprint density at radius 3 is 2.73 bits per heavy atom. The van der Waals surface area contributed by atoms with Crippen LogP contribution in [-0.2, 0) is 25.8 Å². The molecule has 2 heterocycles. The minimum atomic E-state index is -3.09. The molecule has 0 saturated carbocycles. The van der Waals surface area contributed by atoms with E-state index in [2.05, 4.69) is 10.2 Å². The van der Waals surface area contributed by atoms with Crippen LogP contribution in [0.15, 0.2) is 6.07 Å². The summed E-state index contributed by atoms with van der Waals surface area (Å²) in [4.78, 5) is 26.1. The first-order chi connectivity index (χ1) is 12.4. The molecule has 0 radical (unpaired) electrons. The third kappa shape index (κ3) is 5.55. The summed E-state index contributed by atoms with van der Waals surface area (Å²) in [5, 5.41) is 6.67. The summed E-state index contributed by atoms with van der Waals surface area (Å²) in [7, 11) is -3.09. The maximum Gasteiger partial charge on any atom is 0.359 e. The number of ether oxygens (including phenoxy) is 1. The molecule has 0 bridgehead atoms. The van der Waals surface area contributed by atoms with E-state index in [1.807, 2.05) is 13.8 Å². The van der Waals surface area contributed by atoms with Crippen molar-refractivity contribution in [2.75, 3.05) is 24.7 Å². The lowest BCUT2D eigenvalue weighted by atomic mass is 10.2. The second kappa shape index (κ2) is 9.16. The van der Waals surface area contributed by atoms with Gasteiger partial charge in [0.15, 0.2) is 22.1 Å². The smallest absolute Gasteiger partial charge is 0.359 e. The lowest BCUT2D eigenvalue weighted by Gasteiger charge is -2.28. The normalized spacial score (nSPS) is 18.6. The van der Waals surface area contributed by atoms with Crippen LogP contribution in [0, 0.1) is 0 Å². The van der Waals surface area contributed by atoms with Crippen molar-refractivity contribution in [3.05, 3.63) is 17.5 Å². The summed E-state index contributed by atoms with van der Waals surface area (Å²) in [5.74, 6) is -0.943. The second-order valence-corrected chi connectivity index (χ2v) is 8.83. The van der Waals surface area contributed by atoms with E-state index < -0.39 is 22.4 Å². The number of amides is 1. The zero-order valence-corrected chi connectivity index (χ0v) is 16.2. The van der Waals surface area contributed by atoms with Crippen LogP contribution in [0.5, 0.6) is 0 Å². The summed E-state index contributed by atoms with van der Waals surface area (Å²) in [6, 6.07) is 1.29. The van der Waals surface area contributed by atoms with Crippen LogP contribution < -0.4 is 0 Å². The zero-order chi connectivity index (χ0) is 19.2. The van der Waals surface area contributed by atoms with Crippen molar-refractivity contribution in [3.8, 4) is 0 Å². The number of H-pyrrole nitrogens is 1. The first kappa shape index (κ1) is 20.4. The second-order valence-electron chi connectivity index (χ2n) is 6.60. The fourth-order valence-electron chi connectivity index (χ4n) is 3.01. The predicted octanol–water partition coefficient (Wildman–Crippen LogP) is 1.33. The van der Waals surface area contributed by atoms with Crippen molar-refractivity contribution in [3.63, 3.8) is 0 Å². The van der Waals surface area contributed by atoms with Crippen molar-refractivity contribution < 1.29 is 22.7 Å². The van der Waals surface area contributed by atoms with Crippen molar-refractivity contribution in [2.45, 2.75) is 52.0 Å². The van der Waals surface area contributed by atoms with E-state index in [-0.39, 0.29) is 29.1 Å². The first-order valence-electron chi connectivity index (χ1n) is 9.07. The van der Waals surface area contributed by atoms with Crippen LogP contribution in [-0.4, -0.2) is 66.1 Å². The maximum absolute atomic E-state index is 12.5. The van der Waals surface area contributed by atoms with Gasteiger partial charge in [0.25, 0.3) is 5.91 Å². The highest BCUT2D eigenvalue weighted by atomic mass is 32.2. The number of hydrogen-bond donors (Lipinski definition) is 1. The quantitative estimate of drug-likeness (QED) is 0.642. The molecule has 146 valence electrons. The fourth-order valence-corrected chi connectivity index (χ4v) is 4.74. The van der Waals surface area contributed by atoms with Gasteiger partial charge in [-0.3, -0.25) is 9.89 Å². The molecule has 1 atom stereocenters. The minimum Gasteiger partial charge on any atom is -0.451 e. The van der Waals surface area contributed by atoms with Crippen LogP contribution in [0.25, 0.3) is 0 Å². The molecular formula is C17H27N3O5S. The number of aromatic nitrogens is 2. The topological polar surface area (TPSA) is 109 Å². The number of aromatic amines is 1. The Balaban J connectivity index is 1.94.